The zero-order chi connectivity index (χ0) is 42.9. The molecule has 13 nitrogen and oxygen atoms in total. The average Bonchev–Trinajstić information content (AvgIpc) is 3.47. The number of hydrogen-bond donors (Lipinski definition) is 3. The number of carbonyl (C=O) groups is 5. The summed E-state index contributed by atoms with van der Waals surface area (Å²) >= 11 is 6.23. The first-order valence-electron chi connectivity index (χ1n) is 20.6. The first-order valence-corrected chi connectivity index (χ1v) is 21.0. The molecule has 3 heterocycles. The Labute approximate surface area is 354 Å². The summed E-state index contributed by atoms with van der Waals surface area (Å²) in [6.07, 6.45) is 2.81. The molecule has 1 atom stereocenters. The average molecular weight is 840 g/mol. The van der Waals surface area contributed by atoms with E-state index in [4.69, 9.17) is 16.3 Å². The van der Waals surface area contributed by atoms with E-state index in [9.17, 15) is 29.2 Å². The third-order valence-corrected chi connectivity index (χ3v) is 12.9. The van der Waals surface area contributed by atoms with Gasteiger partial charge in [0.2, 0.25) is 11.8 Å². The summed E-state index contributed by atoms with van der Waals surface area (Å²) < 4.78 is 21.4. The predicted octanol–water partition coefficient (Wildman–Crippen LogP) is 5.42. The number of unbranched alkanes of at least 4 members (excludes halogenated alkanes) is 1. The maximum atomic E-state index is 15.0. The van der Waals surface area contributed by atoms with Crippen LogP contribution in [0.4, 0.5) is 10.1 Å². The van der Waals surface area contributed by atoms with Crippen LogP contribution in [-0.2, 0) is 16.0 Å². The fourth-order valence-electron chi connectivity index (χ4n) is 9.58. The van der Waals surface area contributed by atoms with Crippen LogP contribution in [0.5, 0.6) is 5.75 Å². The highest BCUT2D eigenvalue weighted by molar-refractivity contribution is 6.31. The first-order chi connectivity index (χ1) is 28.6. The number of nitrogens with zero attached hydrogens (tertiary/aromatic N) is 4. The second-order valence-electron chi connectivity index (χ2n) is 17.4. The quantitative estimate of drug-likeness (QED) is 0.141. The van der Waals surface area contributed by atoms with E-state index in [1.165, 1.54) is 11.6 Å². The highest BCUT2D eigenvalue weighted by Gasteiger charge is 2.64. The van der Waals surface area contributed by atoms with Crippen molar-refractivity contribution in [1.82, 2.24) is 25.3 Å². The molecular formula is C45H51ClFN7O6. The molecule has 316 valence electrons. The Morgan fingerprint density at radius 2 is 1.62 bits per heavy atom. The third kappa shape index (κ3) is 8.48. The Morgan fingerprint density at radius 3 is 2.27 bits per heavy atom. The monoisotopic (exact) mass is 839 g/mol. The molecule has 3 aromatic carbocycles. The number of fused-ring (bicyclic) bond motifs is 1. The van der Waals surface area contributed by atoms with E-state index in [0.29, 0.717) is 35.0 Å². The second-order valence-corrected chi connectivity index (χ2v) is 17.8. The van der Waals surface area contributed by atoms with Crippen molar-refractivity contribution in [2.24, 2.45) is 10.8 Å². The molecule has 1 aliphatic carbocycles. The molecule has 4 aliphatic rings. The van der Waals surface area contributed by atoms with Gasteiger partial charge in [0, 0.05) is 74.2 Å². The Kier molecular flexibility index (Phi) is 12.3. The molecule has 0 radical (unpaired) electrons. The summed E-state index contributed by atoms with van der Waals surface area (Å²) in [6.45, 7) is 13.8. The Hall–Kier alpha value is -5.36. The summed E-state index contributed by atoms with van der Waals surface area (Å²) in [4.78, 5) is 69.5. The van der Waals surface area contributed by atoms with Gasteiger partial charge in [-0.1, -0.05) is 51.4 Å². The zero-order valence-corrected chi connectivity index (χ0v) is 35.2. The van der Waals surface area contributed by atoms with E-state index in [-0.39, 0.29) is 58.5 Å². The van der Waals surface area contributed by atoms with Crippen LogP contribution in [0.1, 0.15) is 95.6 Å². The molecular weight excluding hydrogens is 789 g/mol. The Bertz CT molecular complexity index is 2220. The summed E-state index contributed by atoms with van der Waals surface area (Å²) in [5, 5.41) is 18.0. The Balaban J connectivity index is 0.810. The number of benzene rings is 3. The van der Waals surface area contributed by atoms with Gasteiger partial charge in [-0.2, -0.15) is 5.26 Å². The number of halogens is 2. The highest BCUT2D eigenvalue weighted by Crippen LogP contribution is 2.55. The van der Waals surface area contributed by atoms with Crippen LogP contribution in [-0.4, -0.2) is 108 Å². The van der Waals surface area contributed by atoms with E-state index in [1.807, 2.05) is 24.3 Å². The van der Waals surface area contributed by atoms with Crippen LogP contribution in [0.3, 0.4) is 0 Å². The van der Waals surface area contributed by atoms with Gasteiger partial charge < -0.3 is 20.3 Å². The molecule has 7 rings (SSSR count). The van der Waals surface area contributed by atoms with Gasteiger partial charge in [0.1, 0.15) is 29.8 Å². The molecule has 3 aromatic rings. The third-order valence-electron chi connectivity index (χ3n) is 12.6. The molecule has 60 heavy (non-hydrogen) atoms. The number of imide groups is 2. The van der Waals surface area contributed by atoms with Crippen molar-refractivity contribution in [3.05, 3.63) is 93.3 Å². The number of nitriles is 1. The predicted molar refractivity (Wildman–Crippen MR) is 223 cm³/mol. The van der Waals surface area contributed by atoms with Crippen LogP contribution in [0.2, 0.25) is 5.02 Å². The van der Waals surface area contributed by atoms with Gasteiger partial charge in [-0.25, -0.2) is 4.39 Å². The van der Waals surface area contributed by atoms with E-state index < -0.39 is 35.5 Å². The molecule has 0 spiro atoms. The molecule has 1 saturated carbocycles. The lowest BCUT2D eigenvalue weighted by molar-refractivity contribution is -0.164. The van der Waals surface area contributed by atoms with Gasteiger partial charge >= 0.3 is 0 Å². The standard InChI is InChI=1S/C45H51ClFN7O6/c1-44(2)42(45(3,4)43(44)60-30-13-12-29(26-48)32(46)25-30)51-38(56)28-10-8-27(9-11-28)7-5-6-19-52-21-23-53(24-22-52)20-18-49-37-33(47)15-14-31-36(37)41(59)54(40(31)58)34-16-17-35(55)50-39(34)57/h8-15,25,34,42-43,49H,5-7,16-24H2,1-4H3,(H,51,56)(H,50,55,57)/t34?,42-,43-. The highest BCUT2D eigenvalue weighted by atomic mass is 35.5. The van der Waals surface area contributed by atoms with Crippen molar-refractivity contribution in [2.75, 3.05) is 51.1 Å². The van der Waals surface area contributed by atoms with Crippen molar-refractivity contribution >= 4 is 46.8 Å². The Morgan fingerprint density at radius 1 is 0.933 bits per heavy atom. The molecule has 3 aliphatic heterocycles. The van der Waals surface area contributed by atoms with Gasteiger partial charge in [-0.15, -0.1) is 0 Å². The SMILES string of the molecule is CC1(C)[C@H](NC(=O)c2ccc(CCCCN3CCN(CCNc4c(F)ccc5c4C(=O)N(C4CCC(=O)NC4=O)C5=O)CC3)cc2)C(C)(C)[C@H]1Oc1ccc(C#N)c(Cl)c1. The lowest BCUT2D eigenvalue weighted by atomic mass is 9.49. The number of nitrogens with one attached hydrogen (secondary N) is 3. The number of amides is 5. The van der Waals surface area contributed by atoms with Crippen molar-refractivity contribution in [3.8, 4) is 11.8 Å². The summed E-state index contributed by atoms with van der Waals surface area (Å²) in [5.74, 6) is -2.77. The molecule has 1 unspecified atom stereocenters. The lowest BCUT2D eigenvalue weighted by Crippen LogP contribution is -2.74. The van der Waals surface area contributed by atoms with Crippen molar-refractivity contribution < 1.29 is 33.1 Å². The topological polar surface area (TPSA) is 164 Å². The number of carbonyl (C=O) groups excluding carboxylic acids is 5. The largest absolute Gasteiger partial charge is 0.489 e. The minimum absolute atomic E-state index is 0.00748. The number of ether oxygens (including phenoxy) is 1. The smallest absolute Gasteiger partial charge is 0.264 e. The minimum atomic E-state index is -1.12. The van der Waals surface area contributed by atoms with Crippen LogP contribution >= 0.6 is 11.6 Å². The molecule has 3 fully saturated rings. The zero-order valence-electron chi connectivity index (χ0n) is 34.4. The van der Waals surface area contributed by atoms with E-state index in [0.717, 1.165) is 63.0 Å². The summed E-state index contributed by atoms with van der Waals surface area (Å²) in [7, 11) is 0. The maximum absolute atomic E-state index is 15.0. The number of rotatable bonds is 14. The second kappa shape index (κ2) is 17.3. The molecule has 0 aromatic heterocycles. The number of anilines is 1. The number of piperazine rings is 1. The van der Waals surface area contributed by atoms with Gasteiger partial charge in [0.25, 0.3) is 17.7 Å². The summed E-state index contributed by atoms with van der Waals surface area (Å²) in [5.41, 5.74) is 1.38. The minimum Gasteiger partial charge on any atom is -0.489 e. The molecule has 2 saturated heterocycles. The van der Waals surface area contributed by atoms with E-state index in [1.54, 1.807) is 18.2 Å². The van der Waals surface area contributed by atoms with Crippen LogP contribution in [0.15, 0.2) is 54.6 Å². The fourth-order valence-corrected chi connectivity index (χ4v) is 9.79. The molecule has 3 N–H and O–H groups in total. The molecule has 15 heteroatoms. The summed E-state index contributed by atoms with van der Waals surface area (Å²) in [6, 6.07) is 16.1. The van der Waals surface area contributed by atoms with Gasteiger partial charge in [0.15, 0.2) is 0 Å². The molecule has 0 bridgehead atoms. The van der Waals surface area contributed by atoms with Crippen molar-refractivity contribution in [3.63, 3.8) is 0 Å². The van der Waals surface area contributed by atoms with Crippen molar-refractivity contribution in [2.45, 2.75) is 78.0 Å². The number of piperidine rings is 1. The van der Waals surface area contributed by atoms with Crippen LogP contribution in [0.25, 0.3) is 0 Å². The van der Waals surface area contributed by atoms with Gasteiger partial charge in [0.05, 0.1) is 27.4 Å². The van der Waals surface area contributed by atoms with Gasteiger partial charge in [-0.05, 0) is 74.2 Å². The van der Waals surface area contributed by atoms with E-state index >= 15 is 4.39 Å². The van der Waals surface area contributed by atoms with Crippen LogP contribution in [0, 0.1) is 28.0 Å². The van der Waals surface area contributed by atoms with E-state index in [2.05, 4.69) is 59.5 Å². The first kappa shape index (κ1) is 42.8. The maximum Gasteiger partial charge on any atom is 0.264 e. The number of aryl methyl sites for hydroxylation is 1. The fraction of sp³-hybridized carbons (Fsp3) is 0.467. The van der Waals surface area contributed by atoms with Crippen molar-refractivity contribution in [1.29, 1.82) is 5.26 Å². The van der Waals surface area contributed by atoms with Crippen LogP contribution < -0.4 is 20.7 Å². The molecule has 5 amide bonds. The van der Waals surface area contributed by atoms with Gasteiger partial charge in [-0.3, -0.25) is 39.1 Å². The number of hydrogen-bond acceptors (Lipinski definition) is 10. The lowest BCUT2D eigenvalue weighted by Gasteiger charge is -2.63. The normalized spacial score (nSPS) is 22.4.